The monoisotopic (exact) mass is 385 g/mol. The van der Waals surface area contributed by atoms with Crippen molar-refractivity contribution >= 4 is 40.3 Å². The molecule has 0 spiro atoms. The van der Waals surface area contributed by atoms with Crippen molar-refractivity contribution in [1.82, 2.24) is 15.3 Å². The number of thioether (sulfide) groups is 1. The summed E-state index contributed by atoms with van der Waals surface area (Å²) in [4.78, 5) is 20.5. The average molecular weight is 386 g/mol. The first-order valence-corrected chi connectivity index (χ1v) is 10.1. The number of nitrogens with zero attached hydrogens (tertiary/aromatic N) is 1. The lowest BCUT2D eigenvalue weighted by atomic mass is 9.88. The number of fused-ring (bicyclic) bond motifs is 2. The van der Waals surface area contributed by atoms with E-state index in [9.17, 15) is 4.79 Å². The van der Waals surface area contributed by atoms with E-state index in [1.54, 1.807) is 0 Å². The SMILES string of the molecule is C[C@@H](Sc1nc2ccc(Cl)cc2[nH]1)C(=O)N[C@H]1CCCc2ccccc21. The molecule has 6 heteroatoms. The molecular weight excluding hydrogens is 366 g/mol. The molecule has 0 fully saturated rings. The largest absolute Gasteiger partial charge is 0.348 e. The lowest BCUT2D eigenvalue weighted by Gasteiger charge is -2.27. The van der Waals surface area contributed by atoms with Crippen LogP contribution in [0.2, 0.25) is 5.02 Å². The molecule has 2 aromatic carbocycles. The molecule has 26 heavy (non-hydrogen) atoms. The van der Waals surface area contributed by atoms with E-state index >= 15 is 0 Å². The van der Waals surface area contributed by atoms with Crippen molar-refractivity contribution in [3.8, 4) is 0 Å². The minimum atomic E-state index is -0.236. The van der Waals surface area contributed by atoms with Crippen molar-refractivity contribution < 1.29 is 4.79 Å². The second kappa shape index (κ2) is 7.33. The summed E-state index contributed by atoms with van der Waals surface area (Å²) in [6, 6.07) is 14.0. The number of carbonyl (C=O) groups is 1. The molecule has 0 radical (unpaired) electrons. The first-order valence-electron chi connectivity index (χ1n) is 8.80. The molecule has 0 saturated heterocycles. The number of amides is 1. The second-order valence-corrected chi connectivity index (χ2v) is 8.38. The van der Waals surface area contributed by atoms with Crippen molar-refractivity contribution in [3.63, 3.8) is 0 Å². The average Bonchev–Trinajstić information content (AvgIpc) is 3.03. The van der Waals surface area contributed by atoms with Crippen molar-refractivity contribution in [2.75, 3.05) is 0 Å². The van der Waals surface area contributed by atoms with E-state index in [1.807, 2.05) is 31.2 Å². The number of aromatic nitrogens is 2. The molecule has 1 aliphatic carbocycles. The molecule has 0 saturated carbocycles. The molecule has 4 nitrogen and oxygen atoms in total. The zero-order chi connectivity index (χ0) is 18.1. The Labute approximate surface area is 161 Å². The Morgan fingerprint density at radius 1 is 1.35 bits per heavy atom. The highest BCUT2D eigenvalue weighted by molar-refractivity contribution is 8.00. The van der Waals surface area contributed by atoms with Gasteiger partial charge in [0.25, 0.3) is 0 Å². The Kier molecular flexibility index (Phi) is 4.92. The van der Waals surface area contributed by atoms with Crippen LogP contribution >= 0.6 is 23.4 Å². The first-order chi connectivity index (χ1) is 12.6. The van der Waals surface area contributed by atoms with Crippen LogP contribution in [0.3, 0.4) is 0 Å². The number of benzene rings is 2. The topological polar surface area (TPSA) is 57.8 Å². The molecular formula is C20H20ClN3OS. The standard InChI is InChI=1S/C20H20ClN3OS/c1-12(26-20-23-17-10-9-14(21)11-18(17)24-20)19(25)22-16-8-4-6-13-5-2-3-7-15(13)16/h2-3,5,7,9-12,16H,4,6,8H2,1H3,(H,22,25)(H,23,24)/t12-,16+/m1/s1. The number of halogens is 1. The Morgan fingerprint density at radius 3 is 3.08 bits per heavy atom. The third kappa shape index (κ3) is 3.60. The molecule has 3 aromatic rings. The molecule has 0 unspecified atom stereocenters. The number of rotatable bonds is 4. The molecule has 4 rings (SSSR count). The summed E-state index contributed by atoms with van der Waals surface area (Å²) in [5, 5.41) is 4.38. The summed E-state index contributed by atoms with van der Waals surface area (Å²) >= 11 is 7.45. The fourth-order valence-corrected chi connectivity index (χ4v) is 4.43. The van der Waals surface area contributed by atoms with Crippen molar-refractivity contribution in [2.45, 2.75) is 42.6 Å². The number of nitrogens with one attached hydrogen (secondary N) is 2. The van der Waals surface area contributed by atoms with Gasteiger partial charge in [-0.15, -0.1) is 0 Å². The minimum Gasteiger partial charge on any atom is -0.348 e. The van der Waals surface area contributed by atoms with Crippen LogP contribution in [0.1, 0.15) is 36.9 Å². The van der Waals surface area contributed by atoms with Gasteiger partial charge in [0.15, 0.2) is 5.16 Å². The zero-order valence-electron chi connectivity index (χ0n) is 14.5. The maximum atomic E-state index is 12.7. The van der Waals surface area contributed by atoms with Crippen LogP contribution in [0.25, 0.3) is 11.0 Å². The molecule has 134 valence electrons. The van der Waals surface area contributed by atoms with E-state index < -0.39 is 0 Å². The zero-order valence-corrected chi connectivity index (χ0v) is 16.0. The first kappa shape index (κ1) is 17.4. The van der Waals surface area contributed by atoms with E-state index in [0.717, 1.165) is 35.5 Å². The van der Waals surface area contributed by atoms with E-state index in [0.29, 0.717) is 5.02 Å². The Hall–Kier alpha value is -1.98. The molecule has 1 heterocycles. The quantitative estimate of drug-likeness (QED) is 0.628. The molecule has 0 aliphatic heterocycles. The highest BCUT2D eigenvalue weighted by atomic mass is 35.5. The Balaban J connectivity index is 1.45. The number of H-pyrrole nitrogens is 1. The van der Waals surface area contributed by atoms with Crippen LogP contribution < -0.4 is 5.32 Å². The lowest BCUT2D eigenvalue weighted by molar-refractivity contribution is -0.121. The summed E-state index contributed by atoms with van der Waals surface area (Å²) in [6.07, 6.45) is 3.19. The van der Waals surface area contributed by atoms with Gasteiger partial charge in [-0.25, -0.2) is 4.98 Å². The fourth-order valence-electron chi connectivity index (χ4n) is 3.43. The number of hydrogen-bond acceptors (Lipinski definition) is 3. The van der Waals surface area contributed by atoms with Gasteiger partial charge in [0, 0.05) is 5.02 Å². The summed E-state index contributed by atoms with van der Waals surface area (Å²) in [7, 11) is 0. The van der Waals surface area contributed by atoms with E-state index in [-0.39, 0.29) is 17.2 Å². The molecule has 1 amide bonds. The summed E-state index contributed by atoms with van der Waals surface area (Å²) < 4.78 is 0. The maximum absolute atomic E-state index is 12.7. The number of imidazole rings is 1. The number of aryl methyl sites for hydroxylation is 1. The Morgan fingerprint density at radius 2 is 2.19 bits per heavy atom. The van der Waals surface area contributed by atoms with Gasteiger partial charge in [-0.1, -0.05) is 47.6 Å². The van der Waals surface area contributed by atoms with Crippen LogP contribution in [0.15, 0.2) is 47.6 Å². The van der Waals surface area contributed by atoms with Crippen molar-refractivity contribution in [2.24, 2.45) is 0 Å². The van der Waals surface area contributed by atoms with Gasteiger partial charge >= 0.3 is 0 Å². The van der Waals surface area contributed by atoms with Gasteiger partial charge in [-0.05, 0) is 55.5 Å². The smallest absolute Gasteiger partial charge is 0.233 e. The third-order valence-corrected chi connectivity index (χ3v) is 5.99. The van der Waals surface area contributed by atoms with Crippen LogP contribution in [-0.2, 0) is 11.2 Å². The summed E-state index contributed by atoms with van der Waals surface area (Å²) in [5.41, 5.74) is 4.33. The van der Waals surface area contributed by atoms with E-state index in [2.05, 4.69) is 33.5 Å². The number of carbonyl (C=O) groups excluding carboxylic acids is 1. The van der Waals surface area contributed by atoms with Gasteiger partial charge in [-0.3, -0.25) is 4.79 Å². The van der Waals surface area contributed by atoms with Gasteiger partial charge in [0.05, 0.1) is 22.3 Å². The summed E-state index contributed by atoms with van der Waals surface area (Å²) in [6.45, 7) is 1.91. The van der Waals surface area contributed by atoms with Crippen LogP contribution in [0, 0.1) is 0 Å². The maximum Gasteiger partial charge on any atom is 0.233 e. The highest BCUT2D eigenvalue weighted by Crippen LogP contribution is 2.30. The van der Waals surface area contributed by atoms with E-state index in [1.165, 1.54) is 22.9 Å². The highest BCUT2D eigenvalue weighted by Gasteiger charge is 2.24. The number of aromatic amines is 1. The molecule has 2 atom stereocenters. The molecule has 1 aliphatic rings. The van der Waals surface area contributed by atoms with Gasteiger partial charge in [0.1, 0.15) is 0 Å². The minimum absolute atomic E-state index is 0.0372. The molecule has 2 N–H and O–H groups in total. The van der Waals surface area contributed by atoms with Gasteiger partial charge in [-0.2, -0.15) is 0 Å². The third-order valence-electron chi connectivity index (χ3n) is 4.77. The lowest BCUT2D eigenvalue weighted by Crippen LogP contribution is -2.35. The van der Waals surface area contributed by atoms with Crippen LogP contribution in [0.5, 0.6) is 0 Å². The van der Waals surface area contributed by atoms with Crippen molar-refractivity contribution in [1.29, 1.82) is 0 Å². The molecule has 1 aromatic heterocycles. The van der Waals surface area contributed by atoms with Gasteiger partial charge in [0.2, 0.25) is 5.91 Å². The van der Waals surface area contributed by atoms with Crippen molar-refractivity contribution in [3.05, 3.63) is 58.6 Å². The Bertz CT molecular complexity index is 955. The fraction of sp³-hybridized carbons (Fsp3) is 0.300. The van der Waals surface area contributed by atoms with Crippen LogP contribution in [-0.4, -0.2) is 21.1 Å². The second-order valence-electron chi connectivity index (χ2n) is 6.62. The van der Waals surface area contributed by atoms with Crippen LogP contribution in [0.4, 0.5) is 0 Å². The number of hydrogen-bond donors (Lipinski definition) is 2. The van der Waals surface area contributed by atoms with E-state index in [4.69, 9.17) is 11.6 Å². The van der Waals surface area contributed by atoms with Gasteiger partial charge < -0.3 is 10.3 Å². The predicted octanol–water partition coefficient (Wildman–Crippen LogP) is 4.89. The summed E-state index contributed by atoms with van der Waals surface area (Å²) in [5.74, 6) is 0.0372. The predicted molar refractivity (Wildman–Crippen MR) is 107 cm³/mol. The normalized spacial score (nSPS) is 17.7. The molecule has 0 bridgehead atoms.